The summed E-state index contributed by atoms with van der Waals surface area (Å²) in [7, 11) is 0. The molecule has 0 bridgehead atoms. The molecule has 1 heterocycles. The van der Waals surface area contributed by atoms with Crippen molar-refractivity contribution in [3.63, 3.8) is 0 Å². The van der Waals surface area contributed by atoms with E-state index in [1.54, 1.807) is 24.2 Å². The van der Waals surface area contributed by atoms with Crippen LogP contribution in [0.4, 0.5) is 0 Å². The second-order valence-electron chi connectivity index (χ2n) is 3.69. The zero-order chi connectivity index (χ0) is 13.3. The fraction of sp³-hybridized carbons (Fsp3) is 0.0714. The molecule has 0 radical (unpaired) electrons. The molecule has 19 heavy (non-hydrogen) atoms. The van der Waals surface area contributed by atoms with Crippen molar-refractivity contribution in [3.05, 3.63) is 66.0 Å². The van der Waals surface area contributed by atoms with Crippen molar-refractivity contribution >= 4 is 34.5 Å². The Kier molecular flexibility index (Phi) is 5.52. The lowest BCUT2D eigenvalue weighted by atomic mass is 10.2. The van der Waals surface area contributed by atoms with E-state index in [-0.39, 0.29) is 0 Å². The molecule has 0 amide bonds. The minimum atomic E-state index is 0.649. The maximum absolute atomic E-state index is 5.19. The number of hydrazone groups is 1. The number of thioether (sulfide) groups is 1. The van der Waals surface area contributed by atoms with E-state index in [4.69, 9.17) is 12.2 Å². The zero-order valence-corrected chi connectivity index (χ0v) is 11.8. The quantitative estimate of drug-likeness (QED) is 0.532. The number of hydrogen-bond acceptors (Lipinski definition) is 4. The van der Waals surface area contributed by atoms with Crippen molar-refractivity contribution < 1.29 is 0 Å². The predicted molar refractivity (Wildman–Crippen MR) is 85.3 cm³/mol. The first-order valence-electron chi connectivity index (χ1n) is 5.75. The van der Waals surface area contributed by atoms with E-state index in [2.05, 4.69) is 27.6 Å². The first kappa shape index (κ1) is 13.7. The molecule has 0 saturated carbocycles. The number of pyridine rings is 1. The molecule has 0 fully saturated rings. The molecule has 1 aromatic heterocycles. The van der Waals surface area contributed by atoms with Crippen LogP contribution in [0, 0.1) is 0 Å². The van der Waals surface area contributed by atoms with Gasteiger partial charge in [-0.05, 0) is 17.7 Å². The molecule has 1 N–H and O–H groups in total. The molecular formula is C14H13N3S2. The lowest BCUT2D eigenvalue weighted by Gasteiger charge is -2.02. The van der Waals surface area contributed by atoms with E-state index in [0.717, 1.165) is 11.4 Å². The molecule has 3 nitrogen and oxygen atoms in total. The second-order valence-corrected chi connectivity index (χ2v) is 5.34. The van der Waals surface area contributed by atoms with Gasteiger partial charge < -0.3 is 0 Å². The van der Waals surface area contributed by atoms with Gasteiger partial charge in [0, 0.05) is 11.9 Å². The van der Waals surface area contributed by atoms with Gasteiger partial charge in [-0.3, -0.25) is 10.4 Å². The first-order valence-corrected chi connectivity index (χ1v) is 7.15. The van der Waals surface area contributed by atoms with Gasteiger partial charge in [0.05, 0.1) is 11.9 Å². The van der Waals surface area contributed by atoms with Crippen LogP contribution in [0.5, 0.6) is 0 Å². The summed E-state index contributed by atoms with van der Waals surface area (Å²) >= 11 is 6.74. The molecule has 0 aliphatic rings. The van der Waals surface area contributed by atoms with Crippen molar-refractivity contribution in [3.8, 4) is 0 Å². The molecule has 1 aromatic carbocycles. The molecule has 0 atom stereocenters. The minimum absolute atomic E-state index is 0.649. The lowest BCUT2D eigenvalue weighted by molar-refractivity contribution is 1.07. The SMILES string of the molecule is S=C(NN=Cc1ccccn1)SCc1ccccc1. The van der Waals surface area contributed by atoms with E-state index >= 15 is 0 Å². The Bertz CT molecular complexity index is 541. The number of nitrogens with zero attached hydrogens (tertiary/aromatic N) is 2. The summed E-state index contributed by atoms with van der Waals surface area (Å²) < 4.78 is 0.649. The van der Waals surface area contributed by atoms with Gasteiger partial charge in [-0.15, -0.1) is 0 Å². The third-order valence-corrected chi connectivity index (χ3v) is 3.53. The molecule has 0 aliphatic heterocycles. The molecular weight excluding hydrogens is 274 g/mol. The van der Waals surface area contributed by atoms with E-state index in [1.807, 2.05) is 36.4 Å². The van der Waals surface area contributed by atoms with Gasteiger partial charge in [0.15, 0.2) is 4.32 Å². The average molecular weight is 287 g/mol. The van der Waals surface area contributed by atoms with Crippen LogP contribution >= 0.6 is 24.0 Å². The highest BCUT2D eigenvalue weighted by atomic mass is 32.2. The Morgan fingerprint density at radius 1 is 1.21 bits per heavy atom. The highest BCUT2D eigenvalue weighted by Crippen LogP contribution is 2.12. The van der Waals surface area contributed by atoms with Crippen molar-refractivity contribution in [1.29, 1.82) is 0 Å². The number of thiocarbonyl (C=S) groups is 1. The fourth-order valence-electron chi connectivity index (χ4n) is 1.36. The Morgan fingerprint density at radius 2 is 2.00 bits per heavy atom. The third kappa shape index (κ3) is 5.19. The number of aromatic nitrogens is 1. The van der Waals surface area contributed by atoms with Crippen LogP contribution in [0.3, 0.4) is 0 Å². The summed E-state index contributed by atoms with van der Waals surface area (Å²) in [5.74, 6) is 0.839. The number of nitrogens with one attached hydrogen (secondary N) is 1. The third-order valence-electron chi connectivity index (χ3n) is 2.25. The summed E-state index contributed by atoms with van der Waals surface area (Å²) in [5, 5.41) is 4.05. The second kappa shape index (κ2) is 7.66. The molecule has 0 unspecified atom stereocenters. The van der Waals surface area contributed by atoms with Crippen molar-refractivity contribution in [2.75, 3.05) is 0 Å². The molecule has 0 aliphatic carbocycles. The molecule has 0 spiro atoms. The minimum Gasteiger partial charge on any atom is -0.262 e. The summed E-state index contributed by atoms with van der Waals surface area (Å²) in [6, 6.07) is 15.9. The lowest BCUT2D eigenvalue weighted by Crippen LogP contribution is -2.11. The fourth-order valence-corrected chi connectivity index (χ4v) is 2.20. The van der Waals surface area contributed by atoms with Crippen LogP contribution in [0.25, 0.3) is 0 Å². The van der Waals surface area contributed by atoms with Crippen molar-refractivity contribution in [1.82, 2.24) is 10.4 Å². The van der Waals surface area contributed by atoms with Crippen molar-refractivity contribution in [2.24, 2.45) is 5.10 Å². The normalized spacial score (nSPS) is 10.5. The Balaban J connectivity index is 1.75. The topological polar surface area (TPSA) is 37.3 Å². The highest BCUT2D eigenvalue weighted by Gasteiger charge is 1.97. The standard InChI is InChI=1S/C14H13N3S2/c18-14(19-11-12-6-2-1-3-7-12)17-16-10-13-8-4-5-9-15-13/h1-10H,11H2,(H,17,18). The van der Waals surface area contributed by atoms with Gasteiger partial charge in [-0.2, -0.15) is 5.10 Å². The summed E-state index contributed by atoms with van der Waals surface area (Å²) in [6.07, 6.45) is 3.37. The van der Waals surface area contributed by atoms with Crippen LogP contribution < -0.4 is 5.43 Å². The molecule has 5 heteroatoms. The Labute approximate surface area is 122 Å². The maximum atomic E-state index is 5.19. The van der Waals surface area contributed by atoms with E-state index in [0.29, 0.717) is 4.32 Å². The zero-order valence-electron chi connectivity index (χ0n) is 10.2. The van der Waals surface area contributed by atoms with Crippen LogP contribution in [0.15, 0.2) is 59.8 Å². The largest absolute Gasteiger partial charge is 0.262 e. The maximum Gasteiger partial charge on any atom is 0.154 e. The number of benzene rings is 1. The predicted octanol–water partition coefficient (Wildman–Crippen LogP) is 3.22. The van der Waals surface area contributed by atoms with Crippen LogP contribution in [0.1, 0.15) is 11.3 Å². The van der Waals surface area contributed by atoms with Gasteiger partial charge in [0.2, 0.25) is 0 Å². The van der Waals surface area contributed by atoms with E-state index < -0.39 is 0 Å². The summed E-state index contributed by atoms with van der Waals surface area (Å²) in [6.45, 7) is 0. The molecule has 96 valence electrons. The van der Waals surface area contributed by atoms with E-state index in [1.165, 1.54) is 5.56 Å². The van der Waals surface area contributed by atoms with Crippen molar-refractivity contribution in [2.45, 2.75) is 5.75 Å². The van der Waals surface area contributed by atoms with E-state index in [9.17, 15) is 0 Å². The highest BCUT2D eigenvalue weighted by molar-refractivity contribution is 8.22. The average Bonchev–Trinajstić information content (AvgIpc) is 2.47. The van der Waals surface area contributed by atoms with Crippen LogP contribution in [-0.2, 0) is 5.75 Å². The van der Waals surface area contributed by atoms with Gasteiger partial charge in [0.1, 0.15) is 0 Å². The Morgan fingerprint density at radius 3 is 2.74 bits per heavy atom. The summed E-state index contributed by atoms with van der Waals surface area (Å²) in [5.41, 5.74) is 4.86. The van der Waals surface area contributed by atoms with Crippen LogP contribution in [0.2, 0.25) is 0 Å². The van der Waals surface area contributed by atoms with Gasteiger partial charge in [-0.1, -0.05) is 60.4 Å². The smallest absolute Gasteiger partial charge is 0.154 e. The molecule has 2 rings (SSSR count). The Hall–Kier alpha value is -1.72. The van der Waals surface area contributed by atoms with Crippen LogP contribution in [-0.4, -0.2) is 15.5 Å². The first-order chi connectivity index (χ1) is 9.34. The molecule has 2 aromatic rings. The van der Waals surface area contributed by atoms with Gasteiger partial charge in [0.25, 0.3) is 0 Å². The summed E-state index contributed by atoms with van der Waals surface area (Å²) in [4.78, 5) is 4.13. The monoisotopic (exact) mass is 287 g/mol. The van der Waals surface area contributed by atoms with Gasteiger partial charge in [-0.25, -0.2) is 0 Å². The number of hydrogen-bond donors (Lipinski definition) is 1. The molecule has 0 saturated heterocycles. The van der Waals surface area contributed by atoms with Gasteiger partial charge >= 0.3 is 0 Å². The number of rotatable bonds is 4.